The van der Waals surface area contributed by atoms with Gasteiger partial charge in [0, 0.05) is 5.56 Å². The second kappa shape index (κ2) is 4.79. The molecule has 84 valence electrons. The van der Waals surface area contributed by atoms with Gasteiger partial charge < -0.3 is 0 Å². The van der Waals surface area contributed by atoms with Gasteiger partial charge >= 0.3 is 0 Å². The van der Waals surface area contributed by atoms with Gasteiger partial charge in [-0.15, -0.1) is 0 Å². The number of carbonyl (C=O) groups excluding carboxylic acids is 1. The number of allylic oxidation sites excluding steroid dienone is 1. The van der Waals surface area contributed by atoms with Gasteiger partial charge in [0.05, 0.1) is 0 Å². The summed E-state index contributed by atoms with van der Waals surface area (Å²) in [6.07, 6.45) is 0.855. The van der Waals surface area contributed by atoms with E-state index in [4.69, 9.17) is 0 Å². The van der Waals surface area contributed by atoms with Gasteiger partial charge in [-0.1, -0.05) is 54.6 Å². The zero-order valence-corrected chi connectivity index (χ0v) is 9.81. The molecule has 0 aromatic heterocycles. The van der Waals surface area contributed by atoms with E-state index in [1.807, 2.05) is 43.3 Å². The molecule has 0 saturated carbocycles. The fourth-order valence-corrected chi connectivity index (χ4v) is 1.72. The molecule has 0 fully saturated rings. The van der Waals surface area contributed by atoms with Crippen LogP contribution in [0.4, 0.5) is 0 Å². The molecule has 2 aromatic carbocycles. The molecular formula is C16H14O. The first-order chi connectivity index (χ1) is 8.20. The fourth-order valence-electron chi connectivity index (χ4n) is 1.72. The Morgan fingerprint density at radius 3 is 2.35 bits per heavy atom. The van der Waals surface area contributed by atoms with E-state index in [1.165, 1.54) is 0 Å². The van der Waals surface area contributed by atoms with Gasteiger partial charge in [-0.05, 0) is 29.7 Å². The molecule has 2 aromatic rings. The number of rotatable bonds is 3. The molecule has 0 spiro atoms. The Morgan fingerprint density at radius 2 is 1.76 bits per heavy atom. The number of hydrogen-bond acceptors (Lipinski definition) is 1. The second-order valence-electron chi connectivity index (χ2n) is 4.10. The molecule has 0 bridgehead atoms. The van der Waals surface area contributed by atoms with Crippen molar-refractivity contribution in [3.05, 3.63) is 66.2 Å². The minimum Gasteiger partial charge on any atom is -0.298 e. The third-order valence-electron chi connectivity index (χ3n) is 2.74. The van der Waals surface area contributed by atoms with Crippen LogP contribution in [0, 0.1) is 0 Å². The van der Waals surface area contributed by atoms with Gasteiger partial charge in [0.25, 0.3) is 0 Å². The van der Waals surface area contributed by atoms with E-state index in [0.717, 1.165) is 28.5 Å². The molecule has 17 heavy (non-hydrogen) atoms. The van der Waals surface area contributed by atoms with Crippen LogP contribution in [-0.4, -0.2) is 6.29 Å². The van der Waals surface area contributed by atoms with Crippen molar-refractivity contribution in [2.24, 2.45) is 0 Å². The molecule has 0 radical (unpaired) electrons. The summed E-state index contributed by atoms with van der Waals surface area (Å²) in [6.45, 7) is 5.94. The minimum atomic E-state index is 0.699. The molecule has 0 saturated heterocycles. The van der Waals surface area contributed by atoms with E-state index in [-0.39, 0.29) is 0 Å². The van der Waals surface area contributed by atoms with E-state index >= 15 is 0 Å². The Labute approximate surface area is 101 Å². The van der Waals surface area contributed by atoms with Crippen LogP contribution >= 0.6 is 0 Å². The van der Waals surface area contributed by atoms with Crippen LogP contribution in [0.15, 0.2) is 55.1 Å². The Hall–Kier alpha value is -2.15. The summed E-state index contributed by atoms with van der Waals surface area (Å²) in [5.74, 6) is 0. The van der Waals surface area contributed by atoms with E-state index < -0.39 is 0 Å². The van der Waals surface area contributed by atoms with Gasteiger partial charge in [-0.3, -0.25) is 4.79 Å². The molecule has 0 amide bonds. The van der Waals surface area contributed by atoms with Crippen LogP contribution < -0.4 is 0 Å². The lowest BCUT2D eigenvalue weighted by Crippen LogP contribution is -1.83. The lowest BCUT2D eigenvalue weighted by Gasteiger charge is -2.05. The SMILES string of the molecule is C=C(C)c1cccc(-c2ccc(C=O)cc2)c1. The first-order valence-electron chi connectivity index (χ1n) is 5.52. The molecule has 0 aliphatic heterocycles. The van der Waals surface area contributed by atoms with Crippen LogP contribution in [0.2, 0.25) is 0 Å². The smallest absolute Gasteiger partial charge is 0.150 e. The van der Waals surface area contributed by atoms with Crippen molar-refractivity contribution in [1.82, 2.24) is 0 Å². The Kier molecular flexibility index (Phi) is 3.20. The van der Waals surface area contributed by atoms with E-state index in [0.29, 0.717) is 5.56 Å². The molecule has 1 heteroatoms. The maximum atomic E-state index is 10.6. The zero-order chi connectivity index (χ0) is 12.3. The highest BCUT2D eigenvalue weighted by atomic mass is 16.1. The Balaban J connectivity index is 2.41. The molecule has 1 nitrogen and oxygen atoms in total. The molecule has 0 heterocycles. The first-order valence-corrected chi connectivity index (χ1v) is 5.52. The van der Waals surface area contributed by atoms with Crippen LogP contribution in [0.25, 0.3) is 16.7 Å². The minimum absolute atomic E-state index is 0.699. The van der Waals surface area contributed by atoms with E-state index in [9.17, 15) is 4.79 Å². The highest BCUT2D eigenvalue weighted by Crippen LogP contribution is 2.23. The number of benzene rings is 2. The van der Waals surface area contributed by atoms with Gasteiger partial charge in [0.15, 0.2) is 0 Å². The van der Waals surface area contributed by atoms with Crippen molar-refractivity contribution in [2.45, 2.75) is 6.92 Å². The van der Waals surface area contributed by atoms with Crippen molar-refractivity contribution < 1.29 is 4.79 Å². The van der Waals surface area contributed by atoms with Gasteiger partial charge in [0.1, 0.15) is 6.29 Å². The average Bonchev–Trinajstić information content (AvgIpc) is 2.39. The number of aldehydes is 1. The van der Waals surface area contributed by atoms with Crippen molar-refractivity contribution in [3.8, 4) is 11.1 Å². The van der Waals surface area contributed by atoms with Gasteiger partial charge in [0.2, 0.25) is 0 Å². The summed E-state index contributed by atoms with van der Waals surface area (Å²) >= 11 is 0. The maximum Gasteiger partial charge on any atom is 0.150 e. The summed E-state index contributed by atoms with van der Waals surface area (Å²) in [6, 6.07) is 15.8. The summed E-state index contributed by atoms with van der Waals surface area (Å²) in [4.78, 5) is 10.6. The molecule has 0 aliphatic carbocycles. The predicted molar refractivity (Wildman–Crippen MR) is 72.0 cm³/mol. The van der Waals surface area contributed by atoms with E-state index in [1.54, 1.807) is 0 Å². The number of hydrogen-bond donors (Lipinski definition) is 0. The topological polar surface area (TPSA) is 17.1 Å². The lowest BCUT2D eigenvalue weighted by molar-refractivity contribution is 0.112. The average molecular weight is 222 g/mol. The molecule has 2 rings (SSSR count). The molecular weight excluding hydrogens is 208 g/mol. The maximum absolute atomic E-state index is 10.6. The monoisotopic (exact) mass is 222 g/mol. The third kappa shape index (κ3) is 2.51. The second-order valence-corrected chi connectivity index (χ2v) is 4.10. The van der Waals surface area contributed by atoms with E-state index in [2.05, 4.69) is 18.7 Å². The Bertz CT molecular complexity index is 550. The summed E-state index contributed by atoms with van der Waals surface area (Å²) in [5.41, 5.74) is 5.14. The molecule has 0 aliphatic rings. The lowest BCUT2D eigenvalue weighted by atomic mass is 10.00. The van der Waals surface area contributed by atoms with Crippen LogP contribution in [-0.2, 0) is 0 Å². The standard InChI is InChI=1S/C16H14O/c1-12(2)15-4-3-5-16(10-15)14-8-6-13(11-17)7-9-14/h3-11H,1H2,2H3. The molecule has 0 atom stereocenters. The van der Waals surface area contributed by atoms with Gasteiger partial charge in [-0.25, -0.2) is 0 Å². The predicted octanol–water partition coefficient (Wildman–Crippen LogP) is 4.20. The van der Waals surface area contributed by atoms with Gasteiger partial charge in [-0.2, -0.15) is 0 Å². The van der Waals surface area contributed by atoms with Crippen molar-refractivity contribution in [1.29, 1.82) is 0 Å². The van der Waals surface area contributed by atoms with Crippen molar-refractivity contribution >= 4 is 11.9 Å². The Morgan fingerprint density at radius 1 is 1.06 bits per heavy atom. The van der Waals surface area contributed by atoms with Crippen molar-refractivity contribution in [3.63, 3.8) is 0 Å². The molecule has 0 N–H and O–H groups in total. The van der Waals surface area contributed by atoms with Crippen LogP contribution in [0.3, 0.4) is 0 Å². The highest BCUT2D eigenvalue weighted by molar-refractivity contribution is 5.77. The van der Waals surface area contributed by atoms with Crippen LogP contribution in [0.1, 0.15) is 22.8 Å². The normalized spacial score (nSPS) is 9.94. The number of carbonyl (C=O) groups is 1. The quantitative estimate of drug-likeness (QED) is 0.711. The summed E-state index contributed by atoms with van der Waals surface area (Å²) in [5, 5.41) is 0. The summed E-state index contributed by atoms with van der Waals surface area (Å²) in [7, 11) is 0. The summed E-state index contributed by atoms with van der Waals surface area (Å²) < 4.78 is 0. The van der Waals surface area contributed by atoms with Crippen LogP contribution in [0.5, 0.6) is 0 Å². The van der Waals surface area contributed by atoms with Crippen molar-refractivity contribution in [2.75, 3.05) is 0 Å². The highest BCUT2D eigenvalue weighted by Gasteiger charge is 2.00. The first kappa shape index (κ1) is 11.3. The largest absolute Gasteiger partial charge is 0.298 e. The molecule has 0 unspecified atom stereocenters. The fraction of sp³-hybridized carbons (Fsp3) is 0.0625. The zero-order valence-electron chi connectivity index (χ0n) is 9.81. The third-order valence-corrected chi connectivity index (χ3v) is 2.74.